The predicted octanol–water partition coefficient (Wildman–Crippen LogP) is 1.63. The fourth-order valence-electron chi connectivity index (χ4n) is 1.19. The topological polar surface area (TPSA) is 92.4 Å². The van der Waals surface area contributed by atoms with Crippen LogP contribution in [0.25, 0.3) is 0 Å². The summed E-state index contributed by atoms with van der Waals surface area (Å²) in [6, 6.07) is 5.88. The Morgan fingerprint density at radius 3 is 2.65 bits per heavy atom. The van der Waals surface area contributed by atoms with E-state index in [-0.39, 0.29) is 11.5 Å². The Kier molecular flexibility index (Phi) is 2.87. The highest BCUT2D eigenvalue weighted by atomic mass is 16.4. The maximum atomic E-state index is 11.5. The number of aromatic carboxylic acids is 1. The number of carbonyl (C=O) groups excluding carboxylic acids is 1. The van der Waals surface area contributed by atoms with Gasteiger partial charge in [-0.3, -0.25) is 4.79 Å². The summed E-state index contributed by atoms with van der Waals surface area (Å²) in [6.07, 6.45) is 2.66. The van der Waals surface area contributed by atoms with E-state index in [1.165, 1.54) is 30.7 Å². The first-order valence-corrected chi connectivity index (χ1v) is 4.71. The second-order valence-corrected chi connectivity index (χ2v) is 3.17. The molecule has 2 aromatic heterocycles. The van der Waals surface area contributed by atoms with Crippen LogP contribution in [0.5, 0.6) is 0 Å². The molecule has 0 aliphatic heterocycles. The van der Waals surface area contributed by atoms with E-state index in [9.17, 15) is 9.59 Å². The van der Waals surface area contributed by atoms with E-state index in [2.05, 4.69) is 10.3 Å². The van der Waals surface area contributed by atoms with Crippen LogP contribution in [0.4, 0.5) is 5.69 Å². The Balaban J connectivity index is 2.09. The zero-order valence-electron chi connectivity index (χ0n) is 8.58. The molecular weight excluding hydrogens is 224 g/mol. The number of carboxylic acid groups (broad SMARTS) is 1. The van der Waals surface area contributed by atoms with Crippen molar-refractivity contribution in [1.82, 2.24) is 4.98 Å². The van der Waals surface area contributed by atoms with E-state index < -0.39 is 11.9 Å². The van der Waals surface area contributed by atoms with Gasteiger partial charge >= 0.3 is 5.97 Å². The number of amides is 1. The standard InChI is InChI=1S/C11H8N2O4/c14-10(9-2-1-5-17-9)13-7-3-4-8(11(15)16)12-6-7/h1-6H,(H,13,14)(H,15,16). The van der Waals surface area contributed by atoms with Gasteiger partial charge in [0.15, 0.2) is 5.76 Å². The summed E-state index contributed by atoms with van der Waals surface area (Å²) in [5.41, 5.74) is 0.317. The van der Waals surface area contributed by atoms with E-state index in [0.29, 0.717) is 5.69 Å². The third kappa shape index (κ3) is 2.49. The number of nitrogens with one attached hydrogen (secondary N) is 1. The molecule has 0 saturated carbocycles. The Morgan fingerprint density at radius 2 is 2.12 bits per heavy atom. The summed E-state index contributed by atoms with van der Waals surface area (Å²) in [5, 5.41) is 11.2. The van der Waals surface area contributed by atoms with Gasteiger partial charge in [-0.25, -0.2) is 9.78 Å². The third-order valence-corrected chi connectivity index (χ3v) is 1.99. The quantitative estimate of drug-likeness (QED) is 0.838. The molecule has 0 aliphatic carbocycles. The number of hydrogen-bond donors (Lipinski definition) is 2. The van der Waals surface area contributed by atoms with Gasteiger partial charge in [0.1, 0.15) is 5.69 Å². The smallest absolute Gasteiger partial charge is 0.354 e. The molecule has 2 aromatic rings. The molecule has 0 radical (unpaired) electrons. The highest BCUT2D eigenvalue weighted by molar-refractivity contribution is 6.02. The molecular formula is C11H8N2O4. The number of pyridine rings is 1. The molecule has 6 nitrogen and oxygen atoms in total. The molecule has 2 rings (SSSR count). The number of carboxylic acids is 1. The minimum Gasteiger partial charge on any atom is -0.477 e. The molecule has 0 saturated heterocycles. The molecule has 0 aromatic carbocycles. The van der Waals surface area contributed by atoms with Crippen LogP contribution in [-0.2, 0) is 0 Å². The van der Waals surface area contributed by atoms with Gasteiger partial charge in [-0.1, -0.05) is 0 Å². The summed E-state index contributed by atoms with van der Waals surface area (Å²) in [5.74, 6) is -1.36. The van der Waals surface area contributed by atoms with E-state index in [1.807, 2.05) is 0 Å². The van der Waals surface area contributed by atoms with Crippen molar-refractivity contribution in [2.45, 2.75) is 0 Å². The number of anilines is 1. The largest absolute Gasteiger partial charge is 0.477 e. The highest BCUT2D eigenvalue weighted by Gasteiger charge is 2.09. The van der Waals surface area contributed by atoms with Gasteiger partial charge in [0, 0.05) is 0 Å². The second-order valence-electron chi connectivity index (χ2n) is 3.17. The van der Waals surface area contributed by atoms with E-state index in [4.69, 9.17) is 9.52 Å². The average molecular weight is 232 g/mol. The van der Waals surface area contributed by atoms with Crippen LogP contribution in [0.3, 0.4) is 0 Å². The van der Waals surface area contributed by atoms with Gasteiger partial charge in [0.25, 0.3) is 5.91 Å². The van der Waals surface area contributed by atoms with Crippen LogP contribution >= 0.6 is 0 Å². The van der Waals surface area contributed by atoms with Crippen molar-refractivity contribution in [1.29, 1.82) is 0 Å². The van der Waals surface area contributed by atoms with Crippen LogP contribution in [0.15, 0.2) is 41.1 Å². The summed E-state index contributed by atoms with van der Waals surface area (Å²) >= 11 is 0. The molecule has 86 valence electrons. The molecule has 0 aliphatic rings. The van der Waals surface area contributed by atoms with Crippen LogP contribution < -0.4 is 5.32 Å². The molecule has 2 heterocycles. The normalized spacial score (nSPS) is 9.88. The van der Waals surface area contributed by atoms with Crippen molar-refractivity contribution in [2.75, 3.05) is 5.32 Å². The van der Waals surface area contributed by atoms with Crippen molar-refractivity contribution in [3.05, 3.63) is 48.2 Å². The zero-order chi connectivity index (χ0) is 12.3. The van der Waals surface area contributed by atoms with Crippen molar-refractivity contribution in [2.24, 2.45) is 0 Å². The lowest BCUT2D eigenvalue weighted by atomic mass is 10.3. The van der Waals surface area contributed by atoms with Gasteiger partial charge in [-0.2, -0.15) is 0 Å². The molecule has 0 spiro atoms. The number of carbonyl (C=O) groups is 2. The number of rotatable bonds is 3. The second kappa shape index (κ2) is 4.48. The average Bonchev–Trinajstić information content (AvgIpc) is 2.83. The lowest BCUT2D eigenvalue weighted by molar-refractivity contribution is 0.0690. The summed E-state index contributed by atoms with van der Waals surface area (Å²) < 4.78 is 4.90. The molecule has 0 atom stereocenters. The first kappa shape index (κ1) is 10.9. The van der Waals surface area contributed by atoms with Crippen LogP contribution in [0.1, 0.15) is 21.0 Å². The van der Waals surface area contributed by atoms with Gasteiger partial charge < -0.3 is 14.8 Å². The van der Waals surface area contributed by atoms with Gasteiger partial charge in [0.2, 0.25) is 0 Å². The first-order chi connectivity index (χ1) is 8.16. The molecule has 0 bridgehead atoms. The van der Waals surface area contributed by atoms with E-state index >= 15 is 0 Å². The van der Waals surface area contributed by atoms with Crippen LogP contribution in [-0.4, -0.2) is 22.0 Å². The first-order valence-electron chi connectivity index (χ1n) is 4.71. The summed E-state index contributed by atoms with van der Waals surface area (Å²) in [4.78, 5) is 25.8. The number of hydrogen-bond acceptors (Lipinski definition) is 4. The van der Waals surface area contributed by atoms with Gasteiger partial charge in [-0.15, -0.1) is 0 Å². The summed E-state index contributed by atoms with van der Waals surface area (Å²) in [7, 11) is 0. The van der Waals surface area contributed by atoms with Crippen LogP contribution in [0, 0.1) is 0 Å². The Morgan fingerprint density at radius 1 is 1.29 bits per heavy atom. The third-order valence-electron chi connectivity index (χ3n) is 1.99. The lowest BCUT2D eigenvalue weighted by Gasteiger charge is -2.02. The fourth-order valence-corrected chi connectivity index (χ4v) is 1.19. The molecule has 0 unspecified atom stereocenters. The maximum Gasteiger partial charge on any atom is 0.354 e. The van der Waals surface area contributed by atoms with E-state index in [0.717, 1.165) is 0 Å². The Bertz CT molecular complexity index is 531. The molecule has 0 fully saturated rings. The molecule has 2 N–H and O–H groups in total. The van der Waals surface area contributed by atoms with Gasteiger partial charge in [0.05, 0.1) is 18.1 Å². The summed E-state index contributed by atoms with van der Waals surface area (Å²) in [6.45, 7) is 0. The lowest BCUT2D eigenvalue weighted by Crippen LogP contribution is -2.11. The molecule has 1 amide bonds. The predicted molar refractivity (Wildman–Crippen MR) is 57.9 cm³/mol. The zero-order valence-corrected chi connectivity index (χ0v) is 8.58. The number of aromatic nitrogens is 1. The Labute approximate surface area is 95.9 Å². The molecule has 17 heavy (non-hydrogen) atoms. The van der Waals surface area contributed by atoms with Crippen molar-refractivity contribution < 1.29 is 19.1 Å². The Hall–Kier alpha value is -2.63. The molecule has 6 heteroatoms. The maximum absolute atomic E-state index is 11.5. The highest BCUT2D eigenvalue weighted by Crippen LogP contribution is 2.09. The minimum absolute atomic E-state index is 0.0824. The van der Waals surface area contributed by atoms with E-state index in [1.54, 1.807) is 6.07 Å². The van der Waals surface area contributed by atoms with Crippen molar-refractivity contribution >= 4 is 17.6 Å². The minimum atomic E-state index is -1.12. The van der Waals surface area contributed by atoms with Crippen LogP contribution in [0.2, 0.25) is 0 Å². The fraction of sp³-hybridized carbons (Fsp3) is 0. The number of furan rings is 1. The van der Waals surface area contributed by atoms with Crippen molar-refractivity contribution in [3.63, 3.8) is 0 Å². The SMILES string of the molecule is O=C(O)c1ccc(NC(=O)c2ccco2)cn1. The number of nitrogens with zero attached hydrogens (tertiary/aromatic N) is 1. The van der Waals surface area contributed by atoms with Crippen molar-refractivity contribution in [3.8, 4) is 0 Å². The van der Waals surface area contributed by atoms with Gasteiger partial charge in [-0.05, 0) is 24.3 Å². The monoisotopic (exact) mass is 232 g/mol.